The van der Waals surface area contributed by atoms with Crippen LogP contribution in [0.15, 0.2) is 66.7 Å². The molecule has 0 amide bonds. The maximum absolute atomic E-state index is 12.7. The molecule has 2 aromatic rings. The van der Waals surface area contributed by atoms with Crippen molar-refractivity contribution in [2.45, 2.75) is 53.1 Å². The molecule has 5 nitrogen and oxygen atoms in total. The number of benzene rings is 2. The lowest BCUT2D eigenvalue weighted by molar-refractivity contribution is -0.150. The highest BCUT2D eigenvalue weighted by Crippen LogP contribution is 2.59. The lowest BCUT2D eigenvalue weighted by atomic mass is 10.1. The molecule has 0 radical (unpaired) electrons. The zero-order valence-corrected chi connectivity index (χ0v) is 20.2. The van der Waals surface area contributed by atoms with Crippen LogP contribution in [0.1, 0.15) is 46.6 Å². The first kappa shape index (κ1) is 24.6. The van der Waals surface area contributed by atoms with E-state index in [0.717, 1.165) is 23.5 Å². The molecule has 176 valence electrons. The normalized spacial score (nSPS) is 19.2. The van der Waals surface area contributed by atoms with Gasteiger partial charge in [0.2, 0.25) is 0 Å². The van der Waals surface area contributed by atoms with E-state index in [0.29, 0.717) is 13.0 Å². The molecule has 0 aliphatic heterocycles. The summed E-state index contributed by atoms with van der Waals surface area (Å²) in [4.78, 5) is 24.7. The van der Waals surface area contributed by atoms with Crippen molar-refractivity contribution in [3.63, 3.8) is 0 Å². The minimum Gasteiger partial charge on any atom is -0.465 e. The number of hydrogen-bond donors (Lipinski definition) is 0. The van der Waals surface area contributed by atoms with Crippen LogP contribution in [0.4, 0.5) is 0 Å². The van der Waals surface area contributed by atoms with E-state index < -0.39 is 5.60 Å². The van der Waals surface area contributed by atoms with Crippen LogP contribution in [0.5, 0.6) is 11.5 Å². The van der Waals surface area contributed by atoms with Crippen LogP contribution in [0.3, 0.4) is 0 Å². The van der Waals surface area contributed by atoms with Gasteiger partial charge >= 0.3 is 11.9 Å². The topological polar surface area (TPSA) is 61.8 Å². The minimum atomic E-state index is -0.498. The summed E-state index contributed by atoms with van der Waals surface area (Å²) in [6, 6.07) is 17.4. The average Bonchev–Trinajstić information content (AvgIpc) is 3.33. The highest BCUT2D eigenvalue weighted by atomic mass is 16.6. The lowest BCUT2D eigenvalue weighted by Gasteiger charge is -2.22. The molecule has 0 N–H and O–H groups in total. The van der Waals surface area contributed by atoms with Gasteiger partial charge in [-0.05, 0) is 61.4 Å². The lowest BCUT2D eigenvalue weighted by Crippen LogP contribution is -2.26. The largest absolute Gasteiger partial charge is 0.465 e. The maximum atomic E-state index is 12.7. The molecule has 5 heteroatoms. The summed E-state index contributed by atoms with van der Waals surface area (Å²) in [5.74, 6) is 0.621. The quantitative estimate of drug-likeness (QED) is 0.322. The summed E-state index contributed by atoms with van der Waals surface area (Å²) in [7, 11) is 0. The first-order chi connectivity index (χ1) is 15.6. The van der Waals surface area contributed by atoms with Crippen molar-refractivity contribution in [3.8, 4) is 11.5 Å². The number of para-hydroxylation sites is 1. The summed E-state index contributed by atoms with van der Waals surface area (Å²) in [5, 5.41) is 0. The summed E-state index contributed by atoms with van der Waals surface area (Å²) < 4.78 is 16.9. The van der Waals surface area contributed by atoms with E-state index >= 15 is 0 Å². The zero-order valence-electron chi connectivity index (χ0n) is 20.2. The van der Waals surface area contributed by atoms with Crippen LogP contribution < -0.4 is 4.74 Å². The van der Waals surface area contributed by atoms with E-state index in [1.165, 1.54) is 6.08 Å². The van der Waals surface area contributed by atoms with E-state index in [9.17, 15) is 9.59 Å². The Labute approximate surface area is 196 Å². The van der Waals surface area contributed by atoms with E-state index in [1.807, 2.05) is 89.2 Å². The Kier molecular flexibility index (Phi) is 7.62. The van der Waals surface area contributed by atoms with Crippen molar-refractivity contribution in [1.29, 1.82) is 0 Å². The summed E-state index contributed by atoms with van der Waals surface area (Å²) >= 11 is 0. The Morgan fingerprint density at radius 1 is 1.03 bits per heavy atom. The highest BCUT2D eigenvalue weighted by molar-refractivity contribution is 5.83. The molecule has 0 saturated heterocycles. The van der Waals surface area contributed by atoms with Crippen LogP contribution in [0.2, 0.25) is 0 Å². The van der Waals surface area contributed by atoms with Gasteiger partial charge in [-0.25, -0.2) is 4.79 Å². The second-order valence-electron chi connectivity index (χ2n) is 9.70. The molecule has 1 fully saturated rings. The zero-order chi connectivity index (χ0) is 24.1. The Morgan fingerprint density at radius 2 is 1.73 bits per heavy atom. The van der Waals surface area contributed by atoms with Gasteiger partial charge in [0.15, 0.2) is 0 Å². The summed E-state index contributed by atoms with van der Waals surface area (Å²) in [5.41, 5.74) is 0.295. The van der Waals surface area contributed by atoms with Gasteiger partial charge in [-0.1, -0.05) is 57.2 Å². The van der Waals surface area contributed by atoms with Gasteiger partial charge in [0, 0.05) is 12.5 Å². The van der Waals surface area contributed by atoms with Crippen molar-refractivity contribution >= 4 is 11.9 Å². The summed E-state index contributed by atoms with van der Waals surface area (Å²) in [6.07, 6.45) is 4.56. The number of carbonyl (C=O) groups excluding carboxylic acids is 2. The van der Waals surface area contributed by atoms with Crippen LogP contribution in [-0.4, -0.2) is 24.1 Å². The van der Waals surface area contributed by atoms with E-state index in [4.69, 9.17) is 14.2 Å². The second kappa shape index (κ2) is 10.2. The average molecular weight is 451 g/mol. The van der Waals surface area contributed by atoms with Gasteiger partial charge in [-0.2, -0.15) is 0 Å². The van der Waals surface area contributed by atoms with Crippen molar-refractivity contribution in [2.75, 3.05) is 6.61 Å². The molecule has 2 aromatic carbocycles. The van der Waals surface area contributed by atoms with Gasteiger partial charge < -0.3 is 14.2 Å². The molecule has 0 spiro atoms. The predicted octanol–water partition coefficient (Wildman–Crippen LogP) is 6.12. The van der Waals surface area contributed by atoms with E-state index in [2.05, 4.69) is 0 Å². The van der Waals surface area contributed by atoms with Crippen molar-refractivity contribution in [1.82, 2.24) is 0 Å². The molecule has 2 atom stereocenters. The SMILES string of the molecule is CCC(C)(C)OC(=O)C=C[C@H]1[C@@H](C(=O)OCCc2cccc(Oc3ccccc3)c2)C1(C)C. The minimum absolute atomic E-state index is 0.0371. The van der Waals surface area contributed by atoms with Crippen molar-refractivity contribution in [2.24, 2.45) is 17.3 Å². The molecule has 1 aliphatic carbocycles. The third kappa shape index (κ3) is 6.70. The first-order valence-corrected chi connectivity index (χ1v) is 11.5. The van der Waals surface area contributed by atoms with Gasteiger partial charge in [0.05, 0.1) is 12.5 Å². The monoisotopic (exact) mass is 450 g/mol. The molecular formula is C28H34O5. The van der Waals surface area contributed by atoms with Crippen LogP contribution in [-0.2, 0) is 25.5 Å². The standard InChI is InChI=1S/C28H34O5/c1-6-27(2,3)33-24(29)16-15-23-25(28(23,4)5)26(30)31-18-17-20-11-10-14-22(19-20)32-21-12-8-7-9-13-21/h7-16,19,23,25H,6,17-18H2,1-5H3/t23-,25-/m0/s1. The Bertz CT molecular complexity index is 990. The smallest absolute Gasteiger partial charge is 0.330 e. The van der Waals surface area contributed by atoms with Crippen molar-refractivity contribution < 1.29 is 23.8 Å². The Morgan fingerprint density at radius 3 is 2.42 bits per heavy atom. The second-order valence-corrected chi connectivity index (χ2v) is 9.70. The molecule has 1 aliphatic rings. The highest BCUT2D eigenvalue weighted by Gasteiger charge is 2.61. The third-order valence-corrected chi connectivity index (χ3v) is 6.35. The fourth-order valence-corrected chi connectivity index (χ4v) is 3.80. The van der Waals surface area contributed by atoms with Crippen LogP contribution in [0.25, 0.3) is 0 Å². The first-order valence-electron chi connectivity index (χ1n) is 11.5. The van der Waals surface area contributed by atoms with Crippen LogP contribution in [0, 0.1) is 17.3 Å². The third-order valence-electron chi connectivity index (χ3n) is 6.35. The molecule has 0 bridgehead atoms. The molecule has 0 unspecified atom stereocenters. The maximum Gasteiger partial charge on any atom is 0.330 e. The molecule has 3 rings (SSSR count). The van der Waals surface area contributed by atoms with Gasteiger partial charge in [0.25, 0.3) is 0 Å². The van der Waals surface area contributed by atoms with E-state index in [-0.39, 0.29) is 29.2 Å². The Hall–Kier alpha value is -3.08. The molecule has 0 aromatic heterocycles. The predicted molar refractivity (Wildman–Crippen MR) is 128 cm³/mol. The molecule has 1 saturated carbocycles. The number of esters is 2. The van der Waals surface area contributed by atoms with E-state index in [1.54, 1.807) is 6.08 Å². The molecular weight excluding hydrogens is 416 g/mol. The number of carbonyl (C=O) groups is 2. The number of allylic oxidation sites excluding steroid dienone is 1. The Balaban J connectivity index is 1.48. The van der Waals surface area contributed by atoms with Gasteiger partial charge in [0.1, 0.15) is 17.1 Å². The van der Waals surface area contributed by atoms with Gasteiger partial charge in [-0.15, -0.1) is 0 Å². The number of ether oxygens (including phenoxy) is 3. The van der Waals surface area contributed by atoms with Gasteiger partial charge in [-0.3, -0.25) is 4.79 Å². The molecule has 0 heterocycles. The van der Waals surface area contributed by atoms with Crippen LogP contribution >= 0.6 is 0 Å². The summed E-state index contributed by atoms with van der Waals surface area (Å²) in [6.45, 7) is 10.1. The fraction of sp³-hybridized carbons (Fsp3) is 0.429. The number of hydrogen-bond acceptors (Lipinski definition) is 5. The fourth-order valence-electron chi connectivity index (χ4n) is 3.80. The van der Waals surface area contributed by atoms with Crippen molar-refractivity contribution in [3.05, 3.63) is 72.3 Å². The molecule has 33 heavy (non-hydrogen) atoms. The number of rotatable bonds is 10.